The fraction of sp³-hybridized carbons (Fsp3) is 0.368. The molecule has 3 aliphatic heterocycles. The number of rotatable bonds is 3. The largest absolute Gasteiger partial charge is 0.483 e. The first-order valence-electron chi connectivity index (χ1n) is 8.62. The monoisotopic (exact) mass is 338 g/mol. The Morgan fingerprint density at radius 2 is 2.04 bits per heavy atom. The van der Waals surface area contributed by atoms with E-state index in [0.29, 0.717) is 18.8 Å². The smallest absolute Gasteiger partial charge is 0.276 e. The molecule has 128 valence electrons. The lowest BCUT2D eigenvalue weighted by Crippen LogP contribution is -2.48. The van der Waals surface area contributed by atoms with Gasteiger partial charge < -0.3 is 18.9 Å². The summed E-state index contributed by atoms with van der Waals surface area (Å²) < 4.78 is 13.6. The molecule has 6 heteroatoms. The van der Waals surface area contributed by atoms with Gasteiger partial charge in [0.05, 0.1) is 12.6 Å². The Morgan fingerprint density at radius 1 is 1.20 bits per heavy atom. The third-order valence-electron chi connectivity index (χ3n) is 5.26. The second-order valence-corrected chi connectivity index (χ2v) is 6.69. The lowest BCUT2D eigenvalue weighted by molar-refractivity contribution is -0.0125. The van der Waals surface area contributed by atoms with Crippen LogP contribution in [0.2, 0.25) is 0 Å². The van der Waals surface area contributed by atoms with Crippen molar-refractivity contribution in [3.8, 4) is 5.75 Å². The second kappa shape index (κ2) is 5.46. The van der Waals surface area contributed by atoms with E-state index in [1.165, 1.54) is 0 Å². The summed E-state index contributed by atoms with van der Waals surface area (Å²) in [6.45, 7) is 1.37. The highest BCUT2D eigenvalue weighted by Gasteiger charge is 2.47. The van der Waals surface area contributed by atoms with Crippen LogP contribution in [0.5, 0.6) is 5.75 Å². The molecule has 0 saturated carbocycles. The van der Waals surface area contributed by atoms with E-state index >= 15 is 0 Å². The van der Waals surface area contributed by atoms with Gasteiger partial charge in [0.15, 0.2) is 17.7 Å². The van der Waals surface area contributed by atoms with Gasteiger partial charge in [0.2, 0.25) is 5.43 Å². The number of nitrogens with zero attached hydrogens (tertiary/aromatic N) is 2. The molecular weight excluding hydrogens is 320 g/mol. The van der Waals surface area contributed by atoms with E-state index < -0.39 is 0 Å². The predicted octanol–water partition coefficient (Wildman–Crippen LogP) is 1.73. The van der Waals surface area contributed by atoms with E-state index in [2.05, 4.69) is 0 Å². The molecule has 1 amide bonds. The molecule has 3 aliphatic rings. The predicted molar refractivity (Wildman–Crippen MR) is 89.6 cm³/mol. The number of benzene rings is 1. The molecule has 5 rings (SSSR count). The Bertz CT molecular complexity index is 906. The van der Waals surface area contributed by atoms with Gasteiger partial charge in [-0.3, -0.25) is 9.59 Å². The molecular formula is C19H18N2O4. The molecule has 0 spiro atoms. The van der Waals surface area contributed by atoms with Crippen LogP contribution < -0.4 is 10.2 Å². The van der Waals surface area contributed by atoms with E-state index in [4.69, 9.17) is 9.47 Å². The van der Waals surface area contributed by atoms with Crippen molar-refractivity contribution in [2.45, 2.75) is 31.7 Å². The standard InChI is InChI=1S/C19H18N2O4/c22-15-10-13-6-7-14-19-20(8-9-24-19)18(23)16(21(13)14)17(15)25-11-12-4-2-1-3-5-12/h1-5,10,14,19H,6-9,11H2. The summed E-state index contributed by atoms with van der Waals surface area (Å²) in [5.41, 5.74) is 2.04. The molecule has 4 heterocycles. The fourth-order valence-corrected chi connectivity index (χ4v) is 4.15. The Labute approximate surface area is 144 Å². The van der Waals surface area contributed by atoms with Gasteiger partial charge in [-0.2, -0.15) is 0 Å². The van der Waals surface area contributed by atoms with Gasteiger partial charge in [-0.1, -0.05) is 30.3 Å². The lowest BCUT2D eigenvalue weighted by atomic mass is 10.1. The minimum Gasteiger partial charge on any atom is -0.483 e. The van der Waals surface area contributed by atoms with Crippen molar-refractivity contribution < 1.29 is 14.3 Å². The second-order valence-electron chi connectivity index (χ2n) is 6.69. The summed E-state index contributed by atoms with van der Waals surface area (Å²) in [4.78, 5) is 27.4. The molecule has 0 aliphatic carbocycles. The van der Waals surface area contributed by atoms with Crippen molar-refractivity contribution in [3.05, 3.63) is 63.6 Å². The third kappa shape index (κ3) is 2.14. The van der Waals surface area contributed by atoms with Crippen molar-refractivity contribution in [2.75, 3.05) is 13.2 Å². The van der Waals surface area contributed by atoms with Gasteiger partial charge in [-0.05, 0) is 18.4 Å². The zero-order chi connectivity index (χ0) is 17.0. The molecule has 2 atom stereocenters. The number of carbonyl (C=O) groups is 1. The fourth-order valence-electron chi connectivity index (χ4n) is 4.15. The van der Waals surface area contributed by atoms with E-state index in [1.807, 2.05) is 34.9 Å². The van der Waals surface area contributed by atoms with Gasteiger partial charge in [0.1, 0.15) is 6.61 Å². The summed E-state index contributed by atoms with van der Waals surface area (Å²) in [7, 11) is 0. The summed E-state index contributed by atoms with van der Waals surface area (Å²) in [6, 6.07) is 11.3. The van der Waals surface area contributed by atoms with E-state index in [9.17, 15) is 9.59 Å². The van der Waals surface area contributed by atoms with Crippen LogP contribution in [-0.2, 0) is 17.8 Å². The van der Waals surface area contributed by atoms with Crippen LogP contribution in [0.25, 0.3) is 0 Å². The van der Waals surface area contributed by atoms with Crippen LogP contribution in [0.15, 0.2) is 41.2 Å². The van der Waals surface area contributed by atoms with E-state index in [0.717, 1.165) is 24.1 Å². The van der Waals surface area contributed by atoms with Crippen molar-refractivity contribution in [1.82, 2.24) is 9.47 Å². The highest BCUT2D eigenvalue weighted by atomic mass is 16.5. The molecule has 25 heavy (non-hydrogen) atoms. The zero-order valence-electron chi connectivity index (χ0n) is 13.7. The van der Waals surface area contributed by atoms with Crippen molar-refractivity contribution >= 4 is 5.91 Å². The van der Waals surface area contributed by atoms with Gasteiger partial charge in [0.25, 0.3) is 5.91 Å². The molecule has 2 aromatic rings. The van der Waals surface area contributed by atoms with E-state index in [1.54, 1.807) is 11.0 Å². The average Bonchev–Trinajstić information content (AvgIpc) is 3.26. The summed E-state index contributed by atoms with van der Waals surface area (Å²) >= 11 is 0. The topological polar surface area (TPSA) is 60.8 Å². The van der Waals surface area contributed by atoms with Gasteiger partial charge >= 0.3 is 0 Å². The minimum atomic E-state index is -0.218. The van der Waals surface area contributed by atoms with Crippen molar-refractivity contribution in [3.63, 3.8) is 0 Å². The Kier molecular flexibility index (Phi) is 3.21. The van der Waals surface area contributed by atoms with Crippen molar-refractivity contribution in [2.24, 2.45) is 0 Å². The average molecular weight is 338 g/mol. The number of aromatic nitrogens is 1. The number of amides is 1. The zero-order valence-corrected chi connectivity index (χ0v) is 13.7. The Hall–Kier alpha value is -2.60. The number of carbonyl (C=O) groups excluding carboxylic acids is 1. The Balaban J connectivity index is 1.59. The highest BCUT2D eigenvalue weighted by molar-refractivity contribution is 5.96. The highest BCUT2D eigenvalue weighted by Crippen LogP contribution is 2.41. The van der Waals surface area contributed by atoms with Crippen LogP contribution in [0.4, 0.5) is 0 Å². The molecule has 1 aromatic carbocycles. The summed E-state index contributed by atoms with van der Waals surface area (Å²) in [5.74, 6) is -0.00230. The SMILES string of the molecule is O=C1c2c(OCc3ccccc3)c(=O)cc3n2C(CC3)C2OCCN12. The maximum absolute atomic E-state index is 13.0. The first-order chi connectivity index (χ1) is 12.2. The maximum Gasteiger partial charge on any atom is 0.276 e. The lowest BCUT2D eigenvalue weighted by Gasteiger charge is -2.36. The van der Waals surface area contributed by atoms with Crippen LogP contribution in [0.3, 0.4) is 0 Å². The minimum absolute atomic E-state index is 0.0740. The molecule has 6 nitrogen and oxygen atoms in total. The molecule has 0 radical (unpaired) electrons. The van der Waals surface area contributed by atoms with Crippen LogP contribution >= 0.6 is 0 Å². The summed E-state index contributed by atoms with van der Waals surface area (Å²) in [6.07, 6.45) is 1.45. The quantitative estimate of drug-likeness (QED) is 0.855. The number of pyridine rings is 1. The Morgan fingerprint density at radius 3 is 2.88 bits per heavy atom. The number of hydrogen-bond acceptors (Lipinski definition) is 4. The van der Waals surface area contributed by atoms with Gasteiger partial charge in [-0.25, -0.2) is 0 Å². The number of fused-ring (bicyclic) bond motifs is 2. The van der Waals surface area contributed by atoms with Gasteiger partial charge in [0, 0.05) is 18.3 Å². The first-order valence-corrected chi connectivity index (χ1v) is 8.62. The van der Waals surface area contributed by atoms with Crippen LogP contribution in [0, 0.1) is 0 Å². The third-order valence-corrected chi connectivity index (χ3v) is 5.26. The first kappa shape index (κ1) is 14.7. The number of aryl methyl sites for hydroxylation is 1. The van der Waals surface area contributed by atoms with Crippen LogP contribution in [0.1, 0.15) is 34.2 Å². The molecule has 0 N–H and O–H groups in total. The van der Waals surface area contributed by atoms with E-state index in [-0.39, 0.29) is 36.0 Å². The molecule has 1 fully saturated rings. The van der Waals surface area contributed by atoms with Crippen molar-refractivity contribution in [1.29, 1.82) is 0 Å². The van der Waals surface area contributed by atoms with Gasteiger partial charge in [-0.15, -0.1) is 0 Å². The summed E-state index contributed by atoms with van der Waals surface area (Å²) in [5, 5.41) is 0. The molecule has 0 bridgehead atoms. The molecule has 1 aromatic heterocycles. The molecule has 2 unspecified atom stereocenters. The number of hydrogen-bond donors (Lipinski definition) is 0. The number of ether oxygens (including phenoxy) is 2. The van der Waals surface area contributed by atoms with Crippen LogP contribution in [-0.4, -0.2) is 34.8 Å². The normalized spacial score (nSPS) is 23.5. The maximum atomic E-state index is 13.0. The molecule has 1 saturated heterocycles.